The third-order valence-electron chi connectivity index (χ3n) is 10.3. The quantitative estimate of drug-likeness (QED) is 0.0159. The molecule has 0 aromatic carbocycles. The number of hydrogen-bond donors (Lipinski definition) is 4. The Labute approximate surface area is 339 Å². The Hall–Kier alpha value is -1.63. The summed E-state index contributed by atoms with van der Waals surface area (Å²) < 4.78 is 34.2. The number of likely N-dealkylation sites (N-methyl/N-ethyl adjacent to an activating group) is 1. The fraction of sp³-hybridized carbons (Fsp3) is 0.860. The lowest BCUT2D eigenvalue weighted by Crippen LogP contribution is -2.37. The van der Waals surface area contributed by atoms with Crippen LogP contribution in [0.4, 0.5) is 0 Å². The van der Waals surface area contributed by atoms with Crippen molar-refractivity contribution in [1.82, 2.24) is 0 Å². The number of phosphoric acid groups is 1. The van der Waals surface area contributed by atoms with Crippen molar-refractivity contribution in [3.63, 3.8) is 0 Å². The van der Waals surface area contributed by atoms with E-state index in [0.29, 0.717) is 49.6 Å². The minimum atomic E-state index is -4.44. The number of carbonyl (C=O) groups is 2. The van der Waals surface area contributed by atoms with Gasteiger partial charge >= 0.3 is 19.8 Å². The molecule has 0 amide bonds. The standard InChI is InChI=1S/C43H80NO11P/c1-6-8-10-11-12-13-14-15-16-17-18-23-27-42(48)52-34-37(35-54-56(50,51)53-32-31-44(3,4)5)55-43(49)28-24-20-19-22-26-38-39(41(47)33-40(38)46)30-29-36(45)25-21-9-7-2/h19,22,29-30,36-41,45-47H,6-18,20-21,23-28,31-35H2,1-5H3/p+1/b22-19+,30-29+/t36-,37+,38+,39+,40-,41+/m0/s1. The van der Waals surface area contributed by atoms with Gasteiger partial charge in [0.15, 0.2) is 6.10 Å². The third-order valence-corrected chi connectivity index (χ3v) is 11.3. The SMILES string of the molecule is CCCCCCCCCCCCCCC(=O)OC[C@H](COP(=O)(O)OCC[N+](C)(C)C)OC(=O)CCC/C=C/C[C@@H]1[C@@H](/C=C/[C@@H](O)CCCCC)[C@H](O)C[C@@H]1O. The first-order chi connectivity index (χ1) is 26.7. The van der Waals surface area contributed by atoms with E-state index in [0.717, 1.165) is 38.5 Å². The number of unbranched alkanes of at least 4 members (excludes halogenated alkanes) is 14. The van der Waals surface area contributed by atoms with Gasteiger partial charge in [0.2, 0.25) is 0 Å². The maximum atomic E-state index is 12.8. The normalized spacial score (nSPS) is 21.1. The number of aliphatic hydroxyl groups excluding tert-OH is 3. The molecule has 0 bridgehead atoms. The Bertz CT molecular complexity index is 1130. The number of quaternary nitrogens is 1. The average molecular weight is 819 g/mol. The van der Waals surface area contributed by atoms with Crippen LogP contribution in [0.15, 0.2) is 24.3 Å². The molecule has 0 aromatic rings. The van der Waals surface area contributed by atoms with E-state index in [1.54, 1.807) is 6.08 Å². The van der Waals surface area contributed by atoms with Crippen molar-refractivity contribution in [3.8, 4) is 0 Å². The lowest BCUT2D eigenvalue weighted by molar-refractivity contribution is -0.870. The van der Waals surface area contributed by atoms with E-state index in [-0.39, 0.29) is 37.9 Å². The molecule has 0 spiro atoms. The van der Waals surface area contributed by atoms with Gasteiger partial charge in [-0.25, -0.2) is 4.57 Å². The Morgan fingerprint density at radius 1 is 0.768 bits per heavy atom. The minimum absolute atomic E-state index is 0.0107. The summed E-state index contributed by atoms with van der Waals surface area (Å²) in [6, 6.07) is 0. The number of ether oxygens (including phenoxy) is 2. The van der Waals surface area contributed by atoms with Crippen molar-refractivity contribution >= 4 is 19.8 Å². The molecule has 0 heterocycles. The molecule has 56 heavy (non-hydrogen) atoms. The molecule has 1 aliphatic carbocycles. The number of nitrogens with zero attached hydrogens (tertiary/aromatic N) is 1. The maximum absolute atomic E-state index is 12.8. The first-order valence-electron chi connectivity index (χ1n) is 21.8. The van der Waals surface area contributed by atoms with Crippen LogP contribution < -0.4 is 0 Å². The number of phosphoric ester groups is 1. The Morgan fingerprint density at radius 3 is 1.98 bits per heavy atom. The summed E-state index contributed by atoms with van der Waals surface area (Å²) in [5, 5.41) is 31.4. The highest BCUT2D eigenvalue weighted by Gasteiger charge is 2.39. The van der Waals surface area contributed by atoms with E-state index in [1.165, 1.54) is 51.4 Å². The Kier molecular flexibility index (Phi) is 29.3. The van der Waals surface area contributed by atoms with Crippen LogP contribution in [0.5, 0.6) is 0 Å². The summed E-state index contributed by atoms with van der Waals surface area (Å²) in [5.41, 5.74) is 0. The van der Waals surface area contributed by atoms with E-state index in [9.17, 15) is 34.4 Å². The molecule has 13 heteroatoms. The number of esters is 2. The first kappa shape index (κ1) is 52.4. The molecule has 1 unspecified atom stereocenters. The second kappa shape index (κ2) is 31.3. The second-order valence-corrected chi connectivity index (χ2v) is 18.2. The Morgan fingerprint density at radius 2 is 1.36 bits per heavy atom. The number of aliphatic hydroxyl groups is 3. The van der Waals surface area contributed by atoms with E-state index in [4.69, 9.17) is 18.5 Å². The highest BCUT2D eigenvalue weighted by Crippen LogP contribution is 2.43. The van der Waals surface area contributed by atoms with Crippen molar-refractivity contribution < 1.29 is 57.4 Å². The molecule has 0 aromatic heterocycles. The van der Waals surface area contributed by atoms with E-state index >= 15 is 0 Å². The van der Waals surface area contributed by atoms with Crippen LogP contribution in [0.3, 0.4) is 0 Å². The monoisotopic (exact) mass is 819 g/mol. The zero-order valence-electron chi connectivity index (χ0n) is 35.7. The number of carbonyl (C=O) groups excluding carboxylic acids is 2. The van der Waals surface area contributed by atoms with Crippen LogP contribution >= 0.6 is 7.82 Å². The van der Waals surface area contributed by atoms with Gasteiger partial charge in [0.05, 0.1) is 46.1 Å². The highest BCUT2D eigenvalue weighted by molar-refractivity contribution is 7.47. The predicted octanol–water partition coefficient (Wildman–Crippen LogP) is 8.34. The van der Waals surface area contributed by atoms with E-state index in [2.05, 4.69) is 13.8 Å². The van der Waals surface area contributed by atoms with Gasteiger partial charge in [0.1, 0.15) is 19.8 Å². The summed E-state index contributed by atoms with van der Waals surface area (Å²) in [6.45, 7) is 4.03. The van der Waals surface area contributed by atoms with E-state index < -0.39 is 50.8 Å². The van der Waals surface area contributed by atoms with Gasteiger partial charge in [-0.1, -0.05) is 128 Å². The van der Waals surface area contributed by atoms with Crippen molar-refractivity contribution in [3.05, 3.63) is 24.3 Å². The molecule has 1 saturated carbocycles. The molecular weight excluding hydrogens is 737 g/mol. The number of rotatable bonds is 35. The largest absolute Gasteiger partial charge is 0.472 e. The van der Waals surface area contributed by atoms with Gasteiger partial charge in [-0.05, 0) is 38.0 Å². The van der Waals surface area contributed by atoms with Gasteiger partial charge in [-0.15, -0.1) is 0 Å². The van der Waals surface area contributed by atoms with Crippen LogP contribution in [0.1, 0.15) is 155 Å². The molecular formula is C43H81NO11P+. The van der Waals surface area contributed by atoms with Crippen molar-refractivity contribution in [2.45, 2.75) is 180 Å². The second-order valence-electron chi connectivity index (χ2n) is 16.7. The molecule has 0 saturated heterocycles. The maximum Gasteiger partial charge on any atom is 0.472 e. The van der Waals surface area contributed by atoms with Crippen LogP contribution in [0.25, 0.3) is 0 Å². The molecule has 1 fully saturated rings. The summed E-state index contributed by atoms with van der Waals surface area (Å²) >= 11 is 0. The summed E-state index contributed by atoms with van der Waals surface area (Å²) in [4.78, 5) is 35.5. The summed E-state index contributed by atoms with van der Waals surface area (Å²) in [7, 11) is 1.33. The molecule has 1 aliphatic rings. The zero-order chi connectivity index (χ0) is 41.7. The van der Waals surface area contributed by atoms with Gasteiger partial charge in [0, 0.05) is 25.2 Å². The van der Waals surface area contributed by atoms with Crippen LogP contribution in [0, 0.1) is 11.8 Å². The lowest BCUT2D eigenvalue weighted by Gasteiger charge is -2.24. The molecule has 1 rings (SSSR count). The molecule has 4 N–H and O–H groups in total. The highest BCUT2D eigenvalue weighted by atomic mass is 31.2. The van der Waals surface area contributed by atoms with Crippen LogP contribution in [0.2, 0.25) is 0 Å². The minimum Gasteiger partial charge on any atom is -0.462 e. The molecule has 0 radical (unpaired) electrons. The number of hydrogen-bond acceptors (Lipinski definition) is 10. The number of allylic oxidation sites excluding steroid dienone is 2. The van der Waals surface area contributed by atoms with Crippen molar-refractivity contribution in [2.75, 3.05) is 47.5 Å². The van der Waals surface area contributed by atoms with Crippen LogP contribution in [-0.2, 0) is 32.7 Å². The zero-order valence-corrected chi connectivity index (χ0v) is 36.6. The lowest BCUT2D eigenvalue weighted by atomic mass is 9.89. The first-order valence-corrected chi connectivity index (χ1v) is 23.3. The molecule has 328 valence electrons. The van der Waals surface area contributed by atoms with E-state index in [1.807, 2.05) is 39.4 Å². The fourth-order valence-electron chi connectivity index (χ4n) is 6.77. The molecule has 12 nitrogen and oxygen atoms in total. The van der Waals surface area contributed by atoms with Gasteiger partial charge in [0.25, 0.3) is 0 Å². The van der Waals surface area contributed by atoms with Crippen molar-refractivity contribution in [2.24, 2.45) is 11.8 Å². The Balaban J connectivity index is 2.54. The van der Waals surface area contributed by atoms with Crippen molar-refractivity contribution in [1.29, 1.82) is 0 Å². The van der Waals surface area contributed by atoms with Gasteiger partial charge in [-0.3, -0.25) is 18.6 Å². The molecule has 7 atom stereocenters. The molecule has 0 aliphatic heterocycles. The van der Waals surface area contributed by atoms with Crippen LogP contribution in [-0.4, -0.2) is 109 Å². The predicted molar refractivity (Wildman–Crippen MR) is 222 cm³/mol. The smallest absolute Gasteiger partial charge is 0.462 e. The summed E-state index contributed by atoms with van der Waals surface area (Å²) in [6.07, 6.45) is 24.6. The topological polar surface area (TPSA) is 169 Å². The van der Waals surface area contributed by atoms with Gasteiger partial charge in [-0.2, -0.15) is 0 Å². The fourth-order valence-corrected chi connectivity index (χ4v) is 7.51. The third kappa shape index (κ3) is 27.9. The average Bonchev–Trinajstić information content (AvgIpc) is 3.40. The summed E-state index contributed by atoms with van der Waals surface area (Å²) in [5.74, 6) is -1.40. The van der Waals surface area contributed by atoms with Gasteiger partial charge < -0.3 is 34.2 Å².